The maximum absolute atomic E-state index is 5.85. The van der Waals surface area contributed by atoms with Gasteiger partial charge in [0, 0.05) is 6.04 Å². The SMILES string of the molecule is CCCCC1(CC)CC1N. The zero-order valence-corrected chi connectivity index (χ0v) is 7.19. The van der Waals surface area contributed by atoms with Crippen LogP contribution >= 0.6 is 0 Å². The van der Waals surface area contributed by atoms with Gasteiger partial charge in [-0.3, -0.25) is 0 Å². The number of unbranched alkanes of at least 4 members (excludes halogenated alkanes) is 1. The summed E-state index contributed by atoms with van der Waals surface area (Å²) in [5.41, 5.74) is 6.43. The van der Waals surface area contributed by atoms with Crippen LogP contribution in [0, 0.1) is 5.41 Å². The summed E-state index contributed by atoms with van der Waals surface area (Å²) in [4.78, 5) is 0. The van der Waals surface area contributed by atoms with Crippen molar-refractivity contribution >= 4 is 0 Å². The van der Waals surface area contributed by atoms with E-state index in [1.165, 1.54) is 32.1 Å². The van der Waals surface area contributed by atoms with Gasteiger partial charge in [-0.1, -0.05) is 26.7 Å². The van der Waals surface area contributed by atoms with Crippen molar-refractivity contribution in [2.24, 2.45) is 11.1 Å². The Morgan fingerprint density at radius 2 is 2.10 bits per heavy atom. The minimum absolute atomic E-state index is 0.532. The largest absolute Gasteiger partial charge is 0.327 e. The Hall–Kier alpha value is -0.0400. The Balaban J connectivity index is 2.23. The highest BCUT2D eigenvalue weighted by molar-refractivity contribution is 5.04. The number of nitrogens with two attached hydrogens (primary N) is 1. The van der Waals surface area contributed by atoms with E-state index in [-0.39, 0.29) is 0 Å². The first kappa shape index (κ1) is 8.06. The molecule has 1 fully saturated rings. The minimum atomic E-state index is 0.532. The quantitative estimate of drug-likeness (QED) is 0.638. The van der Waals surface area contributed by atoms with Crippen molar-refractivity contribution in [3.8, 4) is 0 Å². The predicted molar refractivity (Wildman–Crippen MR) is 44.8 cm³/mol. The molecule has 0 aromatic carbocycles. The Bertz CT molecular complexity index is 107. The van der Waals surface area contributed by atoms with Crippen molar-refractivity contribution in [1.82, 2.24) is 0 Å². The van der Waals surface area contributed by atoms with Crippen LogP contribution in [0.5, 0.6) is 0 Å². The maximum Gasteiger partial charge on any atom is 0.0102 e. The summed E-state index contributed by atoms with van der Waals surface area (Å²) in [6.45, 7) is 4.51. The van der Waals surface area contributed by atoms with Gasteiger partial charge in [-0.15, -0.1) is 0 Å². The fourth-order valence-electron chi connectivity index (χ4n) is 1.78. The second-order valence-corrected chi connectivity index (χ2v) is 3.63. The molecule has 2 atom stereocenters. The van der Waals surface area contributed by atoms with Crippen molar-refractivity contribution < 1.29 is 0 Å². The molecule has 1 aliphatic rings. The lowest BCUT2D eigenvalue weighted by molar-refractivity contribution is 0.415. The Morgan fingerprint density at radius 1 is 1.50 bits per heavy atom. The first-order valence-corrected chi connectivity index (χ1v) is 4.51. The van der Waals surface area contributed by atoms with E-state index in [1.807, 2.05) is 0 Å². The molecule has 0 aromatic rings. The van der Waals surface area contributed by atoms with E-state index in [1.54, 1.807) is 0 Å². The fourth-order valence-corrected chi connectivity index (χ4v) is 1.78. The van der Waals surface area contributed by atoms with E-state index in [9.17, 15) is 0 Å². The van der Waals surface area contributed by atoms with Crippen molar-refractivity contribution in [3.63, 3.8) is 0 Å². The number of hydrogen-bond donors (Lipinski definition) is 1. The van der Waals surface area contributed by atoms with Gasteiger partial charge < -0.3 is 5.73 Å². The van der Waals surface area contributed by atoms with Gasteiger partial charge in [-0.05, 0) is 24.7 Å². The lowest BCUT2D eigenvalue weighted by atomic mass is 9.95. The van der Waals surface area contributed by atoms with Gasteiger partial charge in [-0.2, -0.15) is 0 Å². The van der Waals surface area contributed by atoms with E-state index in [2.05, 4.69) is 13.8 Å². The van der Waals surface area contributed by atoms with Crippen LogP contribution in [0.2, 0.25) is 0 Å². The zero-order chi connectivity index (χ0) is 7.61. The molecule has 0 bridgehead atoms. The highest BCUT2D eigenvalue weighted by Crippen LogP contribution is 2.51. The third kappa shape index (κ3) is 1.34. The van der Waals surface area contributed by atoms with Crippen LogP contribution in [0.25, 0.3) is 0 Å². The van der Waals surface area contributed by atoms with E-state index in [0.29, 0.717) is 11.5 Å². The first-order chi connectivity index (χ1) is 4.75. The maximum atomic E-state index is 5.85. The highest BCUT2D eigenvalue weighted by atomic mass is 14.8. The van der Waals surface area contributed by atoms with E-state index < -0.39 is 0 Å². The van der Waals surface area contributed by atoms with Gasteiger partial charge in [0.1, 0.15) is 0 Å². The summed E-state index contributed by atoms with van der Waals surface area (Å²) in [6, 6.07) is 0.532. The smallest absolute Gasteiger partial charge is 0.0102 e. The van der Waals surface area contributed by atoms with Gasteiger partial charge in [0.05, 0.1) is 0 Å². The summed E-state index contributed by atoms with van der Waals surface area (Å²) < 4.78 is 0. The molecule has 0 aliphatic heterocycles. The van der Waals surface area contributed by atoms with Crippen LogP contribution in [0.4, 0.5) is 0 Å². The lowest BCUT2D eigenvalue weighted by Crippen LogP contribution is -2.12. The normalized spacial score (nSPS) is 38.1. The average molecular weight is 141 g/mol. The molecule has 0 heterocycles. The van der Waals surface area contributed by atoms with E-state index >= 15 is 0 Å². The lowest BCUT2D eigenvalue weighted by Gasteiger charge is -2.11. The molecule has 1 rings (SSSR count). The third-order valence-electron chi connectivity index (χ3n) is 2.99. The number of hydrogen-bond acceptors (Lipinski definition) is 1. The van der Waals surface area contributed by atoms with Crippen LogP contribution in [-0.4, -0.2) is 6.04 Å². The van der Waals surface area contributed by atoms with E-state index in [0.717, 1.165) is 0 Å². The summed E-state index contributed by atoms with van der Waals surface area (Å²) >= 11 is 0. The molecular formula is C9H19N. The highest BCUT2D eigenvalue weighted by Gasteiger charge is 2.48. The van der Waals surface area contributed by atoms with Crippen LogP contribution in [0.3, 0.4) is 0 Å². The van der Waals surface area contributed by atoms with E-state index in [4.69, 9.17) is 5.73 Å². The van der Waals surface area contributed by atoms with Crippen molar-refractivity contribution in [2.45, 2.75) is 52.0 Å². The zero-order valence-electron chi connectivity index (χ0n) is 7.19. The van der Waals surface area contributed by atoms with Crippen molar-refractivity contribution in [3.05, 3.63) is 0 Å². The molecule has 60 valence electrons. The average Bonchev–Trinajstić information content (AvgIpc) is 2.59. The Labute approximate surface area is 64.0 Å². The molecule has 1 nitrogen and oxygen atoms in total. The van der Waals surface area contributed by atoms with Crippen LogP contribution in [0.15, 0.2) is 0 Å². The molecule has 0 aromatic heterocycles. The Morgan fingerprint density at radius 3 is 2.40 bits per heavy atom. The summed E-state index contributed by atoms with van der Waals surface area (Å²) in [5.74, 6) is 0. The molecule has 0 amide bonds. The molecule has 0 spiro atoms. The fraction of sp³-hybridized carbons (Fsp3) is 1.00. The standard InChI is InChI=1S/C9H19N/c1-3-5-6-9(4-2)7-8(9)10/h8H,3-7,10H2,1-2H3. The van der Waals surface area contributed by atoms with Crippen LogP contribution in [-0.2, 0) is 0 Å². The van der Waals surface area contributed by atoms with Crippen LogP contribution in [0.1, 0.15) is 46.0 Å². The second kappa shape index (κ2) is 2.91. The molecule has 0 radical (unpaired) electrons. The van der Waals surface area contributed by atoms with Crippen molar-refractivity contribution in [2.75, 3.05) is 0 Å². The summed E-state index contributed by atoms with van der Waals surface area (Å²) in [7, 11) is 0. The molecule has 1 heteroatoms. The Kier molecular flexibility index (Phi) is 2.35. The molecular weight excluding hydrogens is 122 g/mol. The van der Waals surface area contributed by atoms with Crippen molar-refractivity contribution in [1.29, 1.82) is 0 Å². The number of rotatable bonds is 4. The minimum Gasteiger partial charge on any atom is -0.327 e. The molecule has 1 saturated carbocycles. The first-order valence-electron chi connectivity index (χ1n) is 4.51. The van der Waals surface area contributed by atoms with Crippen LogP contribution < -0.4 is 5.73 Å². The van der Waals surface area contributed by atoms with Gasteiger partial charge in [0.25, 0.3) is 0 Å². The molecule has 10 heavy (non-hydrogen) atoms. The predicted octanol–water partition coefficient (Wildman–Crippen LogP) is 2.30. The van der Waals surface area contributed by atoms with Gasteiger partial charge in [-0.25, -0.2) is 0 Å². The molecule has 0 saturated heterocycles. The molecule has 2 N–H and O–H groups in total. The topological polar surface area (TPSA) is 26.0 Å². The second-order valence-electron chi connectivity index (χ2n) is 3.63. The molecule has 2 unspecified atom stereocenters. The van der Waals surface area contributed by atoms with Gasteiger partial charge in [0.2, 0.25) is 0 Å². The van der Waals surface area contributed by atoms with Gasteiger partial charge >= 0.3 is 0 Å². The third-order valence-corrected chi connectivity index (χ3v) is 2.99. The molecule has 1 aliphatic carbocycles. The van der Waals surface area contributed by atoms with Gasteiger partial charge in [0.15, 0.2) is 0 Å². The summed E-state index contributed by atoms with van der Waals surface area (Å²) in [5, 5.41) is 0. The monoisotopic (exact) mass is 141 g/mol. The summed E-state index contributed by atoms with van der Waals surface area (Å²) in [6.07, 6.45) is 6.61.